The lowest BCUT2D eigenvalue weighted by Crippen LogP contribution is -2.10. The molecule has 0 amide bonds. The third kappa shape index (κ3) is 6.15. The van der Waals surface area contributed by atoms with Crippen LogP contribution in [0.3, 0.4) is 0 Å². The summed E-state index contributed by atoms with van der Waals surface area (Å²) in [5, 5.41) is 10.1. The van der Waals surface area contributed by atoms with E-state index in [-0.39, 0.29) is 0 Å². The molecule has 12 rings (SSSR count). The molecule has 2 heteroatoms. The Morgan fingerprint density at radius 2 is 0.806 bits per heavy atom. The first-order valence-corrected chi connectivity index (χ1v) is 22.1. The van der Waals surface area contributed by atoms with Crippen molar-refractivity contribution >= 4 is 80.9 Å². The van der Waals surface area contributed by atoms with Crippen LogP contribution < -0.4 is 4.90 Å². The minimum absolute atomic E-state index is 1.10. The van der Waals surface area contributed by atoms with Gasteiger partial charge in [0.25, 0.3) is 0 Å². The summed E-state index contributed by atoms with van der Waals surface area (Å²) in [6.45, 7) is 0. The number of hydrogen-bond acceptors (Lipinski definition) is 2. The van der Waals surface area contributed by atoms with Crippen molar-refractivity contribution in [2.75, 3.05) is 4.90 Å². The highest BCUT2D eigenvalue weighted by Crippen LogP contribution is 2.47. The summed E-state index contributed by atoms with van der Waals surface area (Å²) in [4.78, 5) is 2.42. The van der Waals surface area contributed by atoms with Crippen LogP contribution in [0.25, 0.3) is 97.0 Å². The monoisotopic (exact) mass is 805 g/mol. The standard InChI is InChI=1S/C60H39NS/c1-3-15-43(16-4-1)58-54-22-10-9-20-51(54)52-37-36-49(39-56(52)59(58)44-17-5-2-6-18-44)61(47-32-28-41(29-33-47)46-27-26-40-14-7-8-19-45(40)38-46)48-34-30-42(31-35-48)50-23-13-24-55-53-21-11-12-25-57(53)62-60(50)55/h1-39H. The highest BCUT2D eigenvalue weighted by Gasteiger charge is 2.21. The van der Waals surface area contributed by atoms with Crippen LogP contribution in [-0.2, 0) is 0 Å². The van der Waals surface area contributed by atoms with Gasteiger partial charge in [-0.1, -0.05) is 188 Å². The summed E-state index contributed by atoms with van der Waals surface area (Å²) in [5.74, 6) is 0. The molecule has 62 heavy (non-hydrogen) atoms. The van der Waals surface area contributed by atoms with Gasteiger partial charge in [-0.25, -0.2) is 0 Å². The van der Waals surface area contributed by atoms with E-state index in [0.29, 0.717) is 0 Å². The van der Waals surface area contributed by atoms with Gasteiger partial charge >= 0.3 is 0 Å². The predicted molar refractivity (Wildman–Crippen MR) is 268 cm³/mol. The first-order chi connectivity index (χ1) is 30.7. The summed E-state index contributed by atoms with van der Waals surface area (Å²) < 4.78 is 2.64. The first-order valence-electron chi connectivity index (χ1n) is 21.2. The van der Waals surface area contributed by atoms with Crippen molar-refractivity contribution in [3.8, 4) is 44.5 Å². The van der Waals surface area contributed by atoms with Crippen molar-refractivity contribution in [1.82, 2.24) is 0 Å². The molecule has 1 nitrogen and oxygen atoms in total. The summed E-state index contributed by atoms with van der Waals surface area (Å²) in [5.41, 5.74) is 13.1. The van der Waals surface area contributed by atoms with Crippen LogP contribution in [0.15, 0.2) is 237 Å². The Morgan fingerprint density at radius 3 is 1.53 bits per heavy atom. The van der Waals surface area contributed by atoms with Gasteiger partial charge in [0.15, 0.2) is 0 Å². The van der Waals surface area contributed by atoms with E-state index in [1.165, 1.54) is 97.0 Å². The number of nitrogens with zero attached hydrogens (tertiary/aromatic N) is 1. The molecular formula is C60H39NS. The maximum atomic E-state index is 2.42. The zero-order chi connectivity index (χ0) is 41.0. The lowest BCUT2D eigenvalue weighted by molar-refractivity contribution is 1.29. The predicted octanol–water partition coefficient (Wildman–Crippen LogP) is 17.7. The Morgan fingerprint density at radius 1 is 0.274 bits per heavy atom. The molecule has 290 valence electrons. The molecule has 0 aliphatic carbocycles. The summed E-state index contributed by atoms with van der Waals surface area (Å²) >= 11 is 1.88. The number of rotatable bonds is 7. The number of thiophene rings is 1. The number of benzene rings is 11. The highest BCUT2D eigenvalue weighted by atomic mass is 32.1. The second-order valence-corrected chi connectivity index (χ2v) is 17.1. The molecule has 0 saturated heterocycles. The molecule has 0 N–H and O–H groups in total. The zero-order valence-electron chi connectivity index (χ0n) is 33.9. The summed E-state index contributed by atoms with van der Waals surface area (Å²) in [7, 11) is 0. The number of fused-ring (bicyclic) bond motifs is 7. The molecule has 1 heterocycles. The largest absolute Gasteiger partial charge is 0.310 e. The van der Waals surface area contributed by atoms with Crippen LogP contribution in [0, 0.1) is 0 Å². The summed E-state index contributed by atoms with van der Waals surface area (Å²) in [6, 6.07) is 86.7. The molecule has 0 fully saturated rings. The Bertz CT molecular complexity index is 3610. The van der Waals surface area contributed by atoms with Gasteiger partial charge in [0, 0.05) is 37.2 Å². The molecule has 1 aromatic heterocycles. The quantitative estimate of drug-likeness (QED) is 0.145. The average molecular weight is 806 g/mol. The van der Waals surface area contributed by atoms with E-state index >= 15 is 0 Å². The van der Waals surface area contributed by atoms with Gasteiger partial charge in [0.1, 0.15) is 0 Å². The molecule has 0 aliphatic heterocycles. The first kappa shape index (κ1) is 36.1. The molecule has 0 unspecified atom stereocenters. The minimum atomic E-state index is 1.10. The minimum Gasteiger partial charge on any atom is -0.310 e. The molecule has 0 atom stereocenters. The Labute approximate surface area is 365 Å². The van der Waals surface area contributed by atoms with E-state index in [0.717, 1.165) is 17.1 Å². The van der Waals surface area contributed by atoms with E-state index in [9.17, 15) is 0 Å². The van der Waals surface area contributed by atoms with Gasteiger partial charge in [-0.2, -0.15) is 0 Å². The fourth-order valence-electron chi connectivity index (χ4n) is 9.51. The zero-order valence-corrected chi connectivity index (χ0v) is 34.7. The van der Waals surface area contributed by atoms with Gasteiger partial charge < -0.3 is 4.90 Å². The number of hydrogen-bond donors (Lipinski definition) is 0. The second-order valence-electron chi connectivity index (χ2n) is 16.0. The van der Waals surface area contributed by atoms with E-state index in [1.54, 1.807) is 0 Å². The smallest absolute Gasteiger partial charge is 0.0468 e. The van der Waals surface area contributed by atoms with Gasteiger partial charge in [-0.3, -0.25) is 0 Å². The van der Waals surface area contributed by atoms with Crippen molar-refractivity contribution in [3.05, 3.63) is 237 Å². The van der Waals surface area contributed by atoms with Gasteiger partial charge in [-0.15, -0.1) is 11.3 Å². The lowest BCUT2D eigenvalue weighted by Gasteiger charge is -2.27. The van der Waals surface area contributed by atoms with Crippen molar-refractivity contribution < 1.29 is 0 Å². The Hall–Kier alpha value is -7.78. The van der Waals surface area contributed by atoms with Crippen molar-refractivity contribution in [2.24, 2.45) is 0 Å². The lowest BCUT2D eigenvalue weighted by atomic mass is 9.85. The van der Waals surface area contributed by atoms with Crippen molar-refractivity contribution in [3.63, 3.8) is 0 Å². The van der Waals surface area contributed by atoms with Crippen molar-refractivity contribution in [1.29, 1.82) is 0 Å². The topological polar surface area (TPSA) is 3.24 Å². The molecule has 0 spiro atoms. The molecule has 0 bridgehead atoms. The van der Waals surface area contributed by atoms with Crippen molar-refractivity contribution in [2.45, 2.75) is 0 Å². The van der Waals surface area contributed by atoms with E-state index in [4.69, 9.17) is 0 Å². The third-order valence-corrected chi connectivity index (χ3v) is 13.7. The van der Waals surface area contributed by atoms with E-state index in [2.05, 4.69) is 241 Å². The van der Waals surface area contributed by atoms with Crippen LogP contribution in [0.5, 0.6) is 0 Å². The van der Waals surface area contributed by atoms with E-state index in [1.807, 2.05) is 11.3 Å². The summed E-state index contributed by atoms with van der Waals surface area (Å²) in [6.07, 6.45) is 0. The van der Waals surface area contributed by atoms with Crippen LogP contribution in [0.1, 0.15) is 0 Å². The number of anilines is 3. The van der Waals surface area contributed by atoms with Crippen LogP contribution in [0.2, 0.25) is 0 Å². The van der Waals surface area contributed by atoms with Gasteiger partial charge in [-0.05, 0) is 125 Å². The maximum Gasteiger partial charge on any atom is 0.0468 e. The fraction of sp³-hybridized carbons (Fsp3) is 0. The van der Waals surface area contributed by atoms with Crippen LogP contribution >= 0.6 is 11.3 Å². The van der Waals surface area contributed by atoms with Gasteiger partial charge in [0.2, 0.25) is 0 Å². The highest BCUT2D eigenvalue weighted by molar-refractivity contribution is 7.26. The molecule has 0 radical (unpaired) electrons. The average Bonchev–Trinajstić information content (AvgIpc) is 3.74. The van der Waals surface area contributed by atoms with Gasteiger partial charge in [0.05, 0.1) is 0 Å². The normalized spacial score (nSPS) is 11.5. The molecule has 12 aromatic rings. The molecule has 0 saturated carbocycles. The van der Waals surface area contributed by atoms with Crippen LogP contribution in [0.4, 0.5) is 17.1 Å². The van der Waals surface area contributed by atoms with Crippen LogP contribution in [-0.4, -0.2) is 0 Å². The Balaban J connectivity index is 1.06. The third-order valence-electron chi connectivity index (χ3n) is 12.4. The second kappa shape index (κ2) is 15.0. The molecular weight excluding hydrogens is 767 g/mol. The van der Waals surface area contributed by atoms with E-state index < -0.39 is 0 Å². The SMILES string of the molecule is c1ccc(-c2c(-c3ccccc3)c3cc(N(c4ccc(-c5ccc6ccccc6c5)cc4)c4ccc(-c5cccc6c5sc5ccccc56)cc4)ccc3c3ccccc23)cc1. The molecule has 11 aromatic carbocycles. The maximum absolute atomic E-state index is 2.42. The molecule has 0 aliphatic rings. The Kier molecular flexibility index (Phi) is 8.76. The fourth-order valence-corrected chi connectivity index (χ4v) is 10.7.